The van der Waals surface area contributed by atoms with E-state index in [-0.39, 0.29) is 11.8 Å². The van der Waals surface area contributed by atoms with Gasteiger partial charge in [0.05, 0.1) is 11.3 Å². The Kier molecular flexibility index (Phi) is 4.71. The van der Waals surface area contributed by atoms with E-state index in [0.29, 0.717) is 12.1 Å². The zero-order valence-corrected chi connectivity index (χ0v) is 15.6. The highest BCUT2D eigenvalue weighted by molar-refractivity contribution is 5.94. The van der Waals surface area contributed by atoms with Gasteiger partial charge in [0.1, 0.15) is 5.76 Å². The number of carbonyl (C=O) groups excluding carboxylic acids is 1. The van der Waals surface area contributed by atoms with E-state index in [1.807, 2.05) is 31.0 Å². The van der Waals surface area contributed by atoms with Gasteiger partial charge in [0.2, 0.25) is 0 Å². The molecular weight excluding hydrogens is 340 g/mol. The maximum absolute atomic E-state index is 12.7. The highest BCUT2D eigenvalue weighted by Gasteiger charge is 2.26. The standard InChI is InChI=1S/C21H22N4O2/c1-14-20(15(2)27-24-14)16-7-8-19(23-12-16)18-6-4-10-25(13-18)21(26)17-5-3-9-22-11-17/h3,5,7-9,11-12,18H,4,6,10,13H2,1-2H3/t18-/m0/s1. The Bertz CT molecular complexity index is 915. The summed E-state index contributed by atoms with van der Waals surface area (Å²) in [4.78, 5) is 23.4. The predicted molar refractivity (Wildman–Crippen MR) is 101 cm³/mol. The molecule has 1 atom stereocenters. The van der Waals surface area contributed by atoms with Crippen molar-refractivity contribution >= 4 is 5.91 Å². The first kappa shape index (κ1) is 17.4. The number of pyridine rings is 2. The summed E-state index contributed by atoms with van der Waals surface area (Å²) >= 11 is 0. The third-order valence-corrected chi connectivity index (χ3v) is 5.14. The molecule has 0 aromatic carbocycles. The lowest BCUT2D eigenvalue weighted by molar-refractivity contribution is 0.0705. The van der Waals surface area contributed by atoms with Crippen LogP contribution in [0.15, 0.2) is 47.4 Å². The minimum Gasteiger partial charge on any atom is -0.361 e. The van der Waals surface area contributed by atoms with Gasteiger partial charge < -0.3 is 9.42 Å². The Hall–Kier alpha value is -3.02. The first-order valence-corrected chi connectivity index (χ1v) is 9.22. The molecule has 27 heavy (non-hydrogen) atoms. The monoisotopic (exact) mass is 362 g/mol. The number of amides is 1. The molecule has 138 valence electrons. The molecule has 1 aliphatic heterocycles. The van der Waals surface area contributed by atoms with Gasteiger partial charge in [-0.15, -0.1) is 0 Å². The van der Waals surface area contributed by atoms with Gasteiger partial charge in [-0.2, -0.15) is 0 Å². The van der Waals surface area contributed by atoms with Gasteiger partial charge in [-0.1, -0.05) is 11.2 Å². The summed E-state index contributed by atoms with van der Waals surface area (Å²) in [5.74, 6) is 1.09. The third-order valence-electron chi connectivity index (χ3n) is 5.14. The lowest BCUT2D eigenvalue weighted by Crippen LogP contribution is -2.39. The van der Waals surface area contributed by atoms with Crippen LogP contribution >= 0.6 is 0 Å². The molecule has 0 N–H and O–H groups in total. The minimum atomic E-state index is 0.0418. The summed E-state index contributed by atoms with van der Waals surface area (Å²) in [6.45, 7) is 5.31. The summed E-state index contributed by atoms with van der Waals surface area (Å²) in [6, 6.07) is 7.74. The maximum Gasteiger partial charge on any atom is 0.255 e. The predicted octanol–water partition coefficient (Wildman–Crippen LogP) is 3.77. The van der Waals surface area contributed by atoms with Crippen LogP contribution in [0.25, 0.3) is 11.1 Å². The van der Waals surface area contributed by atoms with E-state index in [4.69, 9.17) is 4.52 Å². The van der Waals surface area contributed by atoms with Crippen molar-refractivity contribution in [2.75, 3.05) is 13.1 Å². The molecule has 1 fully saturated rings. The second kappa shape index (κ2) is 7.31. The van der Waals surface area contributed by atoms with Crippen LogP contribution in [-0.2, 0) is 0 Å². The fraction of sp³-hybridized carbons (Fsp3) is 0.333. The Labute approximate surface area is 158 Å². The topological polar surface area (TPSA) is 72.1 Å². The summed E-state index contributed by atoms with van der Waals surface area (Å²) < 4.78 is 5.25. The van der Waals surface area contributed by atoms with E-state index in [2.05, 4.69) is 27.3 Å². The van der Waals surface area contributed by atoms with Crippen molar-refractivity contribution in [3.8, 4) is 11.1 Å². The molecule has 0 bridgehead atoms. The van der Waals surface area contributed by atoms with Crippen LogP contribution in [0.4, 0.5) is 0 Å². The number of hydrogen-bond acceptors (Lipinski definition) is 5. The number of hydrogen-bond donors (Lipinski definition) is 0. The SMILES string of the molecule is Cc1noc(C)c1-c1ccc([C@H]2CCCN(C(=O)c3cccnc3)C2)nc1. The van der Waals surface area contributed by atoms with E-state index in [1.165, 1.54) is 0 Å². The van der Waals surface area contributed by atoms with Crippen LogP contribution in [0.5, 0.6) is 0 Å². The van der Waals surface area contributed by atoms with E-state index in [9.17, 15) is 4.79 Å². The molecule has 0 spiro atoms. The Balaban J connectivity index is 1.51. The number of likely N-dealkylation sites (tertiary alicyclic amines) is 1. The number of piperidine rings is 1. The van der Waals surface area contributed by atoms with Crippen LogP contribution in [0, 0.1) is 13.8 Å². The highest BCUT2D eigenvalue weighted by atomic mass is 16.5. The average Bonchev–Trinajstić information content (AvgIpc) is 3.06. The summed E-state index contributed by atoms with van der Waals surface area (Å²) in [5, 5.41) is 4.01. The molecule has 1 amide bonds. The van der Waals surface area contributed by atoms with Gasteiger partial charge in [-0.3, -0.25) is 14.8 Å². The molecule has 0 saturated carbocycles. The molecular formula is C21H22N4O2. The van der Waals surface area contributed by atoms with Crippen LogP contribution in [0.2, 0.25) is 0 Å². The van der Waals surface area contributed by atoms with Crippen LogP contribution < -0.4 is 0 Å². The van der Waals surface area contributed by atoms with E-state index >= 15 is 0 Å². The van der Waals surface area contributed by atoms with E-state index in [1.54, 1.807) is 18.5 Å². The minimum absolute atomic E-state index is 0.0418. The Morgan fingerprint density at radius 3 is 2.78 bits per heavy atom. The van der Waals surface area contributed by atoms with Gasteiger partial charge in [0, 0.05) is 54.4 Å². The fourth-order valence-corrected chi connectivity index (χ4v) is 3.76. The zero-order chi connectivity index (χ0) is 18.8. The van der Waals surface area contributed by atoms with Crippen molar-refractivity contribution in [3.05, 3.63) is 65.6 Å². The maximum atomic E-state index is 12.7. The summed E-state index contributed by atoms with van der Waals surface area (Å²) in [6.07, 6.45) is 7.20. The number of carbonyl (C=O) groups is 1. The number of nitrogens with zero attached hydrogens (tertiary/aromatic N) is 4. The fourth-order valence-electron chi connectivity index (χ4n) is 3.76. The first-order chi connectivity index (χ1) is 13.1. The van der Waals surface area contributed by atoms with Gasteiger partial charge in [-0.05, 0) is 44.9 Å². The van der Waals surface area contributed by atoms with Crippen molar-refractivity contribution < 1.29 is 9.32 Å². The summed E-state index contributed by atoms with van der Waals surface area (Å²) in [7, 11) is 0. The Morgan fingerprint density at radius 1 is 1.22 bits per heavy atom. The first-order valence-electron chi connectivity index (χ1n) is 9.22. The number of aryl methyl sites for hydroxylation is 2. The van der Waals surface area contributed by atoms with Crippen LogP contribution in [-0.4, -0.2) is 39.0 Å². The van der Waals surface area contributed by atoms with E-state index < -0.39 is 0 Å². The van der Waals surface area contributed by atoms with Crippen molar-refractivity contribution in [2.45, 2.75) is 32.6 Å². The van der Waals surface area contributed by atoms with Gasteiger partial charge >= 0.3 is 0 Å². The molecule has 4 rings (SSSR count). The molecule has 0 unspecified atom stereocenters. The second-order valence-electron chi connectivity index (χ2n) is 7.00. The molecule has 4 heterocycles. The highest BCUT2D eigenvalue weighted by Crippen LogP contribution is 2.30. The van der Waals surface area contributed by atoms with Crippen molar-refractivity contribution in [1.82, 2.24) is 20.0 Å². The molecule has 1 saturated heterocycles. The molecule has 0 aliphatic carbocycles. The second-order valence-corrected chi connectivity index (χ2v) is 7.00. The van der Waals surface area contributed by atoms with Gasteiger partial charge in [0.25, 0.3) is 5.91 Å². The zero-order valence-electron chi connectivity index (χ0n) is 15.6. The van der Waals surface area contributed by atoms with E-state index in [0.717, 1.165) is 47.7 Å². The smallest absolute Gasteiger partial charge is 0.255 e. The van der Waals surface area contributed by atoms with Crippen LogP contribution in [0.3, 0.4) is 0 Å². The number of aromatic nitrogens is 3. The molecule has 0 radical (unpaired) electrons. The van der Waals surface area contributed by atoms with Crippen molar-refractivity contribution in [2.24, 2.45) is 0 Å². The average molecular weight is 362 g/mol. The lowest BCUT2D eigenvalue weighted by atomic mass is 9.93. The molecule has 6 nitrogen and oxygen atoms in total. The van der Waals surface area contributed by atoms with Crippen molar-refractivity contribution in [3.63, 3.8) is 0 Å². The summed E-state index contributed by atoms with van der Waals surface area (Å²) in [5.41, 5.74) is 4.54. The normalized spacial score (nSPS) is 17.1. The third kappa shape index (κ3) is 3.47. The molecule has 3 aromatic heterocycles. The van der Waals surface area contributed by atoms with Crippen molar-refractivity contribution in [1.29, 1.82) is 0 Å². The van der Waals surface area contributed by atoms with Gasteiger partial charge in [0.15, 0.2) is 0 Å². The molecule has 1 aliphatic rings. The lowest BCUT2D eigenvalue weighted by Gasteiger charge is -2.32. The van der Waals surface area contributed by atoms with Gasteiger partial charge in [-0.25, -0.2) is 0 Å². The quantitative estimate of drug-likeness (QED) is 0.709. The molecule has 6 heteroatoms. The van der Waals surface area contributed by atoms with Crippen LogP contribution in [0.1, 0.15) is 46.3 Å². The largest absolute Gasteiger partial charge is 0.361 e. The number of rotatable bonds is 3. The Morgan fingerprint density at radius 2 is 2.11 bits per heavy atom. The molecule has 3 aromatic rings.